The minimum atomic E-state index is -0.902. The number of ether oxygens (including phenoxy) is 2. The molecule has 1 rings (SSSR count). The van der Waals surface area contributed by atoms with Gasteiger partial charge in [-0.3, -0.25) is 4.79 Å². The lowest BCUT2D eigenvalue weighted by Gasteiger charge is -2.27. The van der Waals surface area contributed by atoms with Gasteiger partial charge < -0.3 is 9.47 Å². The second kappa shape index (κ2) is 6.88. The van der Waals surface area contributed by atoms with Gasteiger partial charge in [-0.25, -0.2) is 14.6 Å². The van der Waals surface area contributed by atoms with Gasteiger partial charge in [0, 0.05) is 6.92 Å². The second-order valence-electron chi connectivity index (χ2n) is 7.26. The van der Waals surface area contributed by atoms with Crippen LogP contribution in [-0.4, -0.2) is 34.2 Å². The SMILES string of the molecule is CC(=O)c1sc(N(C(=O)OC(C)(C)C)C(=O)OC(C)(C)C)nc1C. The van der Waals surface area contributed by atoms with Crippen molar-refractivity contribution in [2.45, 2.75) is 66.6 Å². The van der Waals surface area contributed by atoms with Gasteiger partial charge in [-0.1, -0.05) is 11.3 Å². The van der Waals surface area contributed by atoms with Crippen molar-refractivity contribution in [2.75, 3.05) is 4.90 Å². The summed E-state index contributed by atoms with van der Waals surface area (Å²) in [6, 6.07) is 0. The van der Waals surface area contributed by atoms with E-state index in [2.05, 4.69) is 4.98 Å². The van der Waals surface area contributed by atoms with E-state index >= 15 is 0 Å². The molecule has 0 aromatic carbocycles. The van der Waals surface area contributed by atoms with E-state index in [1.54, 1.807) is 48.5 Å². The summed E-state index contributed by atoms with van der Waals surface area (Å²) in [5.41, 5.74) is -1.15. The number of Topliss-reactive ketones (excluding diaryl/α,β-unsaturated/α-hetero) is 1. The molecule has 7 nitrogen and oxygen atoms in total. The molecule has 2 amide bonds. The molecule has 0 aliphatic heterocycles. The first-order chi connectivity index (χ1) is 10.7. The maximum absolute atomic E-state index is 12.5. The molecule has 0 saturated carbocycles. The number of rotatable bonds is 2. The Labute approximate surface area is 146 Å². The Morgan fingerprint density at radius 1 is 0.958 bits per heavy atom. The molecule has 0 N–H and O–H groups in total. The minimum absolute atomic E-state index is 0.0428. The number of nitrogens with zero attached hydrogens (tertiary/aromatic N) is 2. The van der Waals surface area contributed by atoms with E-state index in [9.17, 15) is 14.4 Å². The van der Waals surface area contributed by atoms with E-state index in [-0.39, 0.29) is 10.9 Å². The number of ketones is 1. The smallest absolute Gasteiger partial charge is 0.426 e. The number of aryl methyl sites for hydroxylation is 1. The maximum Gasteiger partial charge on any atom is 0.426 e. The summed E-state index contributed by atoms with van der Waals surface area (Å²) in [4.78, 5) is 41.8. The maximum atomic E-state index is 12.5. The summed E-state index contributed by atoms with van der Waals surface area (Å²) < 4.78 is 10.5. The molecule has 0 radical (unpaired) electrons. The fraction of sp³-hybridized carbons (Fsp3) is 0.625. The van der Waals surface area contributed by atoms with Gasteiger partial charge in [0.2, 0.25) is 5.13 Å². The molecule has 24 heavy (non-hydrogen) atoms. The van der Waals surface area contributed by atoms with Crippen molar-refractivity contribution in [1.82, 2.24) is 4.98 Å². The van der Waals surface area contributed by atoms with Crippen LogP contribution in [0, 0.1) is 6.92 Å². The van der Waals surface area contributed by atoms with Gasteiger partial charge in [-0.05, 0) is 48.5 Å². The van der Waals surface area contributed by atoms with Crippen molar-refractivity contribution in [3.63, 3.8) is 0 Å². The van der Waals surface area contributed by atoms with E-state index in [0.29, 0.717) is 10.6 Å². The Hall–Kier alpha value is -1.96. The molecule has 0 bridgehead atoms. The molecule has 0 spiro atoms. The average Bonchev–Trinajstić information content (AvgIpc) is 2.66. The van der Waals surface area contributed by atoms with Crippen LogP contribution in [-0.2, 0) is 9.47 Å². The lowest BCUT2D eigenvalue weighted by Crippen LogP contribution is -2.43. The Balaban J connectivity index is 3.27. The van der Waals surface area contributed by atoms with Crippen LogP contribution in [0.2, 0.25) is 0 Å². The van der Waals surface area contributed by atoms with Gasteiger partial charge in [0.05, 0.1) is 10.6 Å². The first kappa shape index (κ1) is 20.1. The lowest BCUT2D eigenvalue weighted by molar-refractivity contribution is 0.0430. The van der Waals surface area contributed by atoms with Crippen LogP contribution in [0.1, 0.15) is 63.8 Å². The summed E-state index contributed by atoms with van der Waals surface area (Å²) in [5.74, 6) is -0.190. The molecule has 0 aliphatic carbocycles. The van der Waals surface area contributed by atoms with E-state index in [4.69, 9.17) is 9.47 Å². The average molecular weight is 356 g/mol. The van der Waals surface area contributed by atoms with Crippen molar-refractivity contribution >= 4 is 34.4 Å². The molecule has 0 aliphatic rings. The van der Waals surface area contributed by atoms with E-state index in [1.165, 1.54) is 6.92 Å². The van der Waals surface area contributed by atoms with Crippen molar-refractivity contribution < 1.29 is 23.9 Å². The van der Waals surface area contributed by atoms with Crippen molar-refractivity contribution in [1.29, 1.82) is 0 Å². The Morgan fingerprint density at radius 2 is 1.38 bits per heavy atom. The fourth-order valence-electron chi connectivity index (χ4n) is 1.65. The molecule has 1 heterocycles. The van der Waals surface area contributed by atoms with Crippen molar-refractivity contribution in [3.8, 4) is 0 Å². The fourth-order valence-corrected chi connectivity index (χ4v) is 2.59. The molecule has 0 unspecified atom stereocenters. The molecular weight excluding hydrogens is 332 g/mol. The third-order valence-corrected chi connectivity index (χ3v) is 3.69. The summed E-state index contributed by atoms with van der Waals surface area (Å²) in [5, 5.41) is 0.0428. The molecule has 8 heteroatoms. The number of aromatic nitrogens is 1. The predicted molar refractivity (Wildman–Crippen MR) is 91.8 cm³/mol. The summed E-state index contributed by atoms with van der Waals surface area (Å²) >= 11 is 0.948. The number of thiazole rings is 1. The van der Waals surface area contributed by atoms with Gasteiger partial charge in [-0.2, -0.15) is 4.90 Å². The van der Waals surface area contributed by atoms with E-state index in [1.807, 2.05) is 0 Å². The topological polar surface area (TPSA) is 85.8 Å². The molecule has 0 saturated heterocycles. The van der Waals surface area contributed by atoms with Crippen LogP contribution in [0.25, 0.3) is 0 Å². The summed E-state index contributed by atoms with van der Waals surface area (Å²) in [6.07, 6.45) is -1.80. The van der Waals surface area contributed by atoms with E-state index in [0.717, 1.165) is 16.2 Å². The molecule has 1 aromatic rings. The van der Waals surface area contributed by atoms with Gasteiger partial charge in [0.25, 0.3) is 0 Å². The highest BCUT2D eigenvalue weighted by Gasteiger charge is 2.35. The standard InChI is InChI=1S/C16H24N2O5S/c1-9-11(10(2)19)24-12(17-9)18(13(20)22-15(3,4)5)14(21)23-16(6,7)8/h1-8H3. The Morgan fingerprint density at radius 3 is 1.67 bits per heavy atom. The first-order valence-electron chi connectivity index (χ1n) is 7.46. The number of imide groups is 1. The number of carbonyl (C=O) groups is 3. The third-order valence-electron chi connectivity index (χ3n) is 2.45. The zero-order chi connectivity index (χ0) is 18.9. The molecule has 134 valence electrons. The highest BCUT2D eigenvalue weighted by atomic mass is 32.1. The van der Waals surface area contributed by atoms with Crippen LogP contribution in [0.15, 0.2) is 0 Å². The predicted octanol–water partition coefficient (Wildman–Crippen LogP) is 4.33. The molecule has 0 atom stereocenters. The van der Waals surface area contributed by atoms with E-state index < -0.39 is 23.4 Å². The number of hydrogen-bond donors (Lipinski definition) is 0. The number of amides is 2. The summed E-state index contributed by atoms with van der Waals surface area (Å²) in [7, 11) is 0. The van der Waals surface area contributed by atoms with Crippen LogP contribution in [0.5, 0.6) is 0 Å². The third kappa shape index (κ3) is 5.59. The first-order valence-corrected chi connectivity index (χ1v) is 8.27. The van der Waals surface area contributed by atoms with Gasteiger partial charge in [0.15, 0.2) is 5.78 Å². The lowest BCUT2D eigenvalue weighted by atomic mass is 10.2. The van der Waals surface area contributed by atoms with Crippen molar-refractivity contribution in [3.05, 3.63) is 10.6 Å². The monoisotopic (exact) mass is 356 g/mol. The van der Waals surface area contributed by atoms with Crippen LogP contribution >= 0.6 is 11.3 Å². The van der Waals surface area contributed by atoms with Crippen LogP contribution in [0.4, 0.5) is 14.7 Å². The normalized spacial score (nSPS) is 11.8. The zero-order valence-electron chi connectivity index (χ0n) is 15.3. The van der Waals surface area contributed by atoms with Crippen LogP contribution in [0.3, 0.4) is 0 Å². The quantitative estimate of drug-likeness (QED) is 0.733. The number of anilines is 1. The second-order valence-corrected chi connectivity index (χ2v) is 8.24. The highest BCUT2D eigenvalue weighted by molar-refractivity contribution is 7.18. The summed E-state index contributed by atoms with van der Waals surface area (Å²) in [6.45, 7) is 13.2. The minimum Gasteiger partial charge on any atom is -0.443 e. The highest BCUT2D eigenvalue weighted by Crippen LogP contribution is 2.29. The molecule has 1 aromatic heterocycles. The van der Waals surface area contributed by atoms with Gasteiger partial charge in [0.1, 0.15) is 11.2 Å². The largest absolute Gasteiger partial charge is 0.443 e. The van der Waals surface area contributed by atoms with Gasteiger partial charge >= 0.3 is 12.2 Å². The Bertz CT molecular complexity index is 624. The Kier molecular flexibility index (Phi) is 5.76. The number of carbonyl (C=O) groups excluding carboxylic acids is 3. The molecule has 0 fully saturated rings. The number of hydrogen-bond acceptors (Lipinski definition) is 7. The van der Waals surface area contributed by atoms with Gasteiger partial charge in [-0.15, -0.1) is 0 Å². The van der Waals surface area contributed by atoms with Crippen molar-refractivity contribution in [2.24, 2.45) is 0 Å². The van der Waals surface area contributed by atoms with Crippen LogP contribution < -0.4 is 4.90 Å². The molecular formula is C16H24N2O5S. The zero-order valence-corrected chi connectivity index (χ0v) is 16.2.